The molecule has 3 fully saturated rings. The second-order valence-electron chi connectivity index (χ2n) is 12.6. The van der Waals surface area contributed by atoms with Crippen LogP contribution in [-0.4, -0.2) is 55.4 Å². The topological polar surface area (TPSA) is 121 Å². The molecule has 0 unspecified atom stereocenters. The van der Waals surface area contributed by atoms with Gasteiger partial charge in [-0.15, -0.1) is 23.2 Å². The van der Waals surface area contributed by atoms with E-state index in [1.807, 2.05) is 30.3 Å². The molecule has 1 N–H and O–H groups in total. The van der Waals surface area contributed by atoms with Gasteiger partial charge in [-0.3, -0.25) is 29.0 Å². The van der Waals surface area contributed by atoms with E-state index in [0.717, 1.165) is 10.4 Å². The van der Waals surface area contributed by atoms with E-state index in [-0.39, 0.29) is 24.5 Å². The predicted molar refractivity (Wildman–Crippen MR) is 170 cm³/mol. The molecule has 2 aliphatic heterocycles. The van der Waals surface area contributed by atoms with Gasteiger partial charge in [0.05, 0.1) is 17.5 Å². The number of halogens is 2. The maximum Gasteiger partial charge on any atom is 0.253 e. The molecule has 0 spiro atoms. The van der Waals surface area contributed by atoms with Gasteiger partial charge in [-0.1, -0.05) is 35.9 Å². The molecule has 2 aliphatic carbocycles. The first-order valence-electron chi connectivity index (χ1n) is 15.0. The maximum atomic E-state index is 14.3. The summed E-state index contributed by atoms with van der Waals surface area (Å²) in [4.78, 5) is 58.5. The van der Waals surface area contributed by atoms with Crippen LogP contribution in [0.5, 0.6) is 5.75 Å². The molecule has 0 radical (unpaired) electrons. The highest BCUT2D eigenvalue weighted by atomic mass is 35.5. The summed E-state index contributed by atoms with van der Waals surface area (Å²) in [5, 5.41) is 10.3. The Bertz CT molecular complexity index is 2020. The fourth-order valence-corrected chi connectivity index (χ4v) is 9.00. The van der Waals surface area contributed by atoms with Crippen molar-refractivity contribution in [2.45, 2.75) is 35.4 Å². The molecule has 2 saturated heterocycles. The smallest absolute Gasteiger partial charge is 0.253 e. The van der Waals surface area contributed by atoms with Crippen LogP contribution >= 0.6 is 23.2 Å². The van der Waals surface area contributed by atoms with E-state index in [9.17, 15) is 24.3 Å². The van der Waals surface area contributed by atoms with Gasteiger partial charge in [-0.05, 0) is 79.3 Å². The third kappa shape index (κ3) is 3.67. The first kappa shape index (κ1) is 29.0. The molecule has 1 aromatic heterocycles. The lowest BCUT2D eigenvalue weighted by atomic mass is 9.56. The summed E-state index contributed by atoms with van der Waals surface area (Å²) >= 11 is 14.4. The summed E-state index contributed by atoms with van der Waals surface area (Å²) in [6.45, 7) is 1.72. The number of imide groups is 2. The Balaban J connectivity index is 1.18. The fourth-order valence-electron chi connectivity index (χ4n) is 7.98. The number of aromatic hydroxyl groups is 1. The molecule has 8 rings (SSSR count). The molecule has 4 aromatic rings. The number of aromatic nitrogens is 1. The molecule has 11 heteroatoms. The summed E-state index contributed by atoms with van der Waals surface area (Å²) in [6.07, 6.45) is 2.06. The van der Waals surface area contributed by atoms with E-state index in [0.29, 0.717) is 39.4 Å². The Morgan fingerprint density at radius 1 is 0.935 bits per heavy atom. The zero-order valence-corrected chi connectivity index (χ0v) is 26.2. The fraction of sp³-hybridized carbons (Fsp3) is 0.286. The predicted octanol–water partition coefficient (Wildman–Crippen LogP) is 5.70. The first-order valence-corrected chi connectivity index (χ1v) is 15.7. The molecular weight excluding hydrogens is 629 g/mol. The number of carbonyl (C=O) groups is 4. The number of para-hydroxylation sites is 2. The summed E-state index contributed by atoms with van der Waals surface area (Å²) < 4.78 is 5.88. The van der Waals surface area contributed by atoms with E-state index in [2.05, 4.69) is 4.98 Å². The van der Waals surface area contributed by atoms with Crippen LogP contribution in [0, 0.1) is 24.7 Å². The highest BCUT2D eigenvalue weighted by Gasteiger charge is 2.75. The van der Waals surface area contributed by atoms with Gasteiger partial charge in [0.2, 0.25) is 17.7 Å². The minimum Gasteiger partial charge on any atom is -0.508 e. The Labute approximate surface area is 273 Å². The standard InChI is InChI=1S/C35H27Cl2N3O6/c1-17-15-19(9-14-25(17)41)28-21-12-13-22-27(23(21)16-34(36)32(44)39(2)33(45)35(28,34)37)31(43)40(30(22)42)20-10-7-18(8-11-20)29-38-24-5-3-4-6-26(24)46-29/h3-12,14-15,22-23,27-28,41H,13,16H2,1-2H3/t22-,23+,27-,28-,34+,35-/m0/s1. The highest BCUT2D eigenvalue weighted by molar-refractivity contribution is 6.53. The van der Waals surface area contributed by atoms with Gasteiger partial charge in [0, 0.05) is 18.5 Å². The van der Waals surface area contributed by atoms with Gasteiger partial charge in [0.25, 0.3) is 11.8 Å². The molecule has 4 amide bonds. The van der Waals surface area contributed by atoms with E-state index in [1.54, 1.807) is 43.3 Å². The molecule has 6 atom stereocenters. The van der Waals surface area contributed by atoms with Gasteiger partial charge in [0.15, 0.2) is 15.3 Å². The highest BCUT2D eigenvalue weighted by Crippen LogP contribution is 2.65. The van der Waals surface area contributed by atoms with Crippen LogP contribution in [0.3, 0.4) is 0 Å². The van der Waals surface area contributed by atoms with Crippen LogP contribution in [0.4, 0.5) is 5.69 Å². The van der Waals surface area contributed by atoms with Crippen molar-refractivity contribution in [1.82, 2.24) is 9.88 Å². The zero-order chi connectivity index (χ0) is 32.3. The van der Waals surface area contributed by atoms with Crippen molar-refractivity contribution in [3.63, 3.8) is 0 Å². The van der Waals surface area contributed by atoms with Crippen LogP contribution in [0.15, 0.2) is 82.8 Å². The number of anilines is 1. The van der Waals surface area contributed by atoms with Crippen LogP contribution in [0.2, 0.25) is 0 Å². The normalized spacial score (nSPS) is 30.5. The molecule has 9 nitrogen and oxygen atoms in total. The monoisotopic (exact) mass is 655 g/mol. The molecule has 3 heterocycles. The molecular formula is C35H27Cl2N3O6. The molecule has 3 aromatic carbocycles. The van der Waals surface area contributed by atoms with Crippen molar-refractivity contribution in [3.8, 4) is 17.2 Å². The third-order valence-electron chi connectivity index (χ3n) is 10.2. The number of carbonyl (C=O) groups excluding carboxylic acids is 4. The Hall–Kier alpha value is -4.47. The van der Waals surface area contributed by atoms with Crippen LogP contribution < -0.4 is 4.90 Å². The number of hydrogen-bond donors (Lipinski definition) is 1. The number of allylic oxidation sites excluding steroid dienone is 2. The minimum atomic E-state index is -1.87. The van der Waals surface area contributed by atoms with Gasteiger partial charge in [-0.25, -0.2) is 4.98 Å². The summed E-state index contributed by atoms with van der Waals surface area (Å²) in [6, 6.07) is 19.2. The van der Waals surface area contributed by atoms with Crippen LogP contribution in [0.25, 0.3) is 22.6 Å². The van der Waals surface area contributed by atoms with Crippen molar-refractivity contribution in [3.05, 3.63) is 89.5 Å². The first-order chi connectivity index (χ1) is 22.0. The number of oxazole rings is 1. The Morgan fingerprint density at radius 2 is 1.67 bits per heavy atom. The summed E-state index contributed by atoms with van der Waals surface area (Å²) in [7, 11) is 1.35. The van der Waals surface area contributed by atoms with Gasteiger partial charge in [0.1, 0.15) is 11.3 Å². The Morgan fingerprint density at radius 3 is 2.39 bits per heavy atom. The number of benzene rings is 3. The number of hydrogen-bond acceptors (Lipinski definition) is 7. The lowest BCUT2D eigenvalue weighted by Gasteiger charge is -2.50. The molecule has 232 valence electrons. The van der Waals surface area contributed by atoms with E-state index in [4.69, 9.17) is 27.6 Å². The molecule has 1 saturated carbocycles. The maximum absolute atomic E-state index is 14.3. The summed E-state index contributed by atoms with van der Waals surface area (Å²) in [5.74, 6) is -4.50. The number of likely N-dealkylation sites (tertiary alicyclic amines) is 1. The number of rotatable bonds is 3. The molecule has 46 heavy (non-hydrogen) atoms. The van der Waals surface area contributed by atoms with Crippen molar-refractivity contribution in [2.75, 3.05) is 11.9 Å². The number of amides is 4. The van der Waals surface area contributed by atoms with E-state index in [1.165, 1.54) is 18.0 Å². The van der Waals surface area contributed by atoms with Gasteiger partial charge < -0.3 is 9.52 Å². The zero-order valence-electron chi connectivity index (χ0n) is 24.7. The average molecular weight is 657 g/mol. The van der Waals surface area contributed by atoms with Crippen LogP contribution in [0.1, 0.15) is 29.9 Å². The number of phenols is 1. The number of nitrogens with zero attached hydrogens (tertiary/aromatic N) is 3. The van der Waals surface area contributed by atoms with Crippen molar-refractivity contribution in [1.29, 1.82) is 0 Å². The lowest BCUT2D eigenvalue weighted by molar-refractivity contribution is -0.138. The van der Waals surface area contributed by atoms with Crippen molar-refractivity contribution in [2.24, 2.45) is 17.8 Å². The van der Waals surface area contributed by atoms with Crippen molar-refractivity contribution >= 4 is 63.6 Å². The average Bonchev–Trinajstić information content (AvgIpc) is 3.63. The summed E-state index contributed by atoms with van der Waals surface area (Å²) in [5.41, 5.74) is 4.31. The second-order valence-corrected chi connectivity index (χ2v) is 13.8. The lowest BCUT2D eigenvalue weighted by Crippen LogP contribution is -2.60. The number of fused-ring (bicyclic) bond motifs is 5. The van der Waals surface area contributed by atoms with Gasteiger partial charge in [-0.2, -0.15) is 0 Å². The van der Waals surface area contributed by atoms with E-state index >= 15 is 0 Å². The minimum absolute atomic E-state index is 0.0647. The van der Waals surface area contributed by atoms with E-state index < -0.39 is 51.1 Å². The molecule has 0 bridgehead atoms. The SMILES string of the molecule is Cc1cc([C@H]2C3=CC[C@@H]4C(=O)N(c5ccc(-c6nc7ccccc7o6)cc5)C(=O)[C@@H]4[C@@H]3C[C@@]3(Cl)C(=O)N(C)C(=O)[C@@]23Cl)ccc1O. The number of phenolic OH excluding ortho intramolecular Hbond substituents is 1. The number of alkyl halides is 2. The third-order valence-corrected chi connectivity index (χ3v) is 11.6. The molecule has 4 aliphatic rings. The van der Waals surface area contributed by atoms with Crippen molar-refractivity contribution < 1.29 is 28.7 Å². The van der Waals surface area contributed by atoms with Gasteiger partial charge >= 0.3 is 0 Å². The van der Waals surface area contributed by atoms with Crippen LogP contribution in [-0.2, 0) is 19.2 Å². The Kier molecular flexibility index (Phi) is 6.15. The largest absolute Gasteiger partial charge is 0.508 e. The second kappa shape index (κ2) is 9.77. The number of aryl methyl sites for hydroxylation is 1. The quantitative estimate of drug-likeness (QED) is 0.171.